The van der Waals surface area contributed by atoms with Gasteiger partial charge in [-0.25, -0.2) is 14.0 Å². The number of methoxy groups -OCH3 is 1. The van der Waals surface area contributed by atoms with Gasteiger partial charge in [0.15, 0.2) is 0 Å². The van der Waals surface area contributed by atoms with Crippen molar-refractivity contribution in [2.45, 2.75) is 32.4 Å². The molecule has 0 N–H and O–H groups in total. The Morgan fingerprint density at radius 1 is 1.24 bits per heavy atom. The van der Waals surface area contributed by atoms with E-state index >= 15 is 0 Å². The van der Waals surface area contributed by atoms with Crippen molar-refractivity contribution in [2.75, 3.05) is 56.3 Å². The molecular weight excluding hydrogens is 381 g/mol. The molecule has 2 aliphatic heterocycles. The minimum atomic E-state index is -0.548. The van der Waals surface area contributed by atoms with Crippen LogP contribution in [0.15, 0.2) is 18.2 Å². The maximum absolute atomic E-state index is 14.8. The molecule has 2 fully saturated rings. The third-order valence-electron chi connectivity index (χ3n) is 4.80. The number of carbonyl (C=O) groups is 2. The Balaban J connectivity index is 1.66. The molecule has 3 rings (SSSR count). The van der Waals surface area contributed by atoms with E-state index in [9.17, 15) is 14.0 Å². The maximum atomic E-state index is 14.8. The van der Waals surface area contributed by atoms with E-state index in [1.165, 1.54) is 11.0 Å². The summed E-state index contributed by atoms with van der Waals surface area (Å²) in [6.07, 6.45) is -0.866. The Hall–Kier alpha value is -2.55. The van der Waals surface area contributed by atoms with Crippen LogP contribution in [0.25, 0.3) is 0 Å². The summed E-state index contributed by atoms with van der Waals surface area (Å²) in [5.74, 6) is -0.427. The van der Waals surface area contributed by atoms with Crippen LogP contribution in [0, 0.1) is 5.82 Å². The zero-order valence-corrected chi connectivity index (χ0v) is 17.3. The normalized spacial score (nSPS) is 20.1. The lowest BCUT2D eigenvalue weighted by atomic mass is 10.2. The van der Waals surface area contributed by atoms with Crippen molar-refractivity contribution in [1.29, 1.82) is 0 Å². The van der Waals surface area contributed by atoms with Gasteiger partial charge in [0.25, 0.3) is 0 Å². The van der Waals surface area contributed by atoms with Gasteiger partial charge in [-0.2, -0.15) is 0 Å². The quantitative estimate of drug-likeness (QED) is 0.762. The molecule has 0 bridgehead atoms. The summed E-state index contributed by atoms with van der Waals surface area (Å²) in [7, 11) is 1.54. The van der Waals surface area contributed by atoms with Gasteiger partial charge in [-0.1, -0.05) is 0 Å². The van der Waals surface area contributed by atoms with Crippen LogP contribution in [0.1, 0.15) is 20.8 Å². The number of carbonyl (C=O) groups excluding carboxylic acids is 2. The molecule has 0 aliphatic carbocycles. The number of hydrogen-bond donors (Lipinski definition) is 0. The summed E-state index contributed by atoms with van der Waals surface area (Å²) in [5.41, 5.74) is 0.324. The van der Waals surface area contributed by atoms with Gasteiger partial charge in [0, 0.05) is 33.3 Å². The van der Waals surface area contributed by atoms with Gasteiger partial charge >= 0.3 is 12.2 Å². The van der Waals surface area contributed by atoms with E-state index in [0.717, 1.165) is 0 Å². The van der Waals surface area contributed by atoms with E-state index in [2.05, 4.69) is 0 Å². The number of benzene rings is 1. The van der Waals surface area contributed by atoms with Crippen molar-refractivity contribution in [3.05, 3.63) is 24.0 Å². The first kappa shape index (κ1) is 21.2. The first-order valence-corrected chi connectivity index (χ1v) is 9.67. The minimum Gasteiger partial charge on any atom is -0.447 e. The average molecular weight is 409 g/mol. The number of hydrogen-bond acceptors (Lipinski definition) is 6. The molecule has 1 unspecified atom stereocenters. The van der Waals surface area contributed by atoms with Crippen molar-refractivity contribution in [3.8, 4) is 0 Å². The highest BCUT2D eigenvalue weighted by atomic mass is 19.1. The van der Waals surface area contributed by atoms with Crippen LogP contribution < -0.4 is 9.80 Å². The van der Waals surface area contributed by atoms with E-state index in [-0.39, 0.29) is 18.7 Å². The van der Waals surface area contributed by atoms with E-state index < -0.39 is 17.5 Å². The molecule has 9 heteroatoms. The smallest absolute Gasteiger partial charge is 0.414 e. The van der Waals surface area contributed by atoms with Crippen LogP contribution in [0.3, 0.4) is 0 Å². The molecule has 0 radical (unpaired) electrons. The second kappa shape index (κ2) is 8.44. The van der Waals surface area contributed by atoms with Gasteiger partial charge in [0.1, 0.15) is 18.0 Å². The predicted molar refractivity (Wildman–Crippen MR) is 106 cm³/mol. The molecular formula is C20H28FN3O5. The van der Waals surface area contributed by atoms with Crippen LogP contribution >= 0.6 is 0 Å². The van der Waals surface area contributed by atoms with Gasteiger partial charge in [-0.3, -0.25) is 4.90 Å². The third kappa shape index (κ3) is 4.90. The summed E-state index contributed by atoms with van der Waals surface area (Å²) in [5, 5.41) is 0. The fraction of sp³-hybridized carbons (Fsp3) is 0.600. The molecule has 8 nitrogen and oxygen atoms in total. The largest absolute Gasteiger partial charge is 0.447 e. The van der Waals surface area contributed by atoms with Gasteiger partial charge in [0.05, 0.1) is 24.0 Å². The summed E-state index contributed by atoms with van der Waals surface area (Å²) in [6, 6.07) is 4.41. The zero-order chi connectivity index (χ0) is 21.2. The van der Waals surface area contributed by atoms with Crippen molar-refractivity contribution in [1.82, 2.24) is 4.90 Å². The summed E-state index contributed by atoms with van der Waals surface area (Å²) in [4.78, 5) is 29.1. The van der Waals surface area contributed by atoms with Crippen LogP contribution in [0.5, 0.6) is 0 Å². The molecule has 0 spiro atoms. The number of cyclic esters (lactones) is 1. The Labute approximate surface area is 170 Å². The summed E-state index contributed by atoms with van der Waals surface area (Å²) < 4.78 is 30.4. The van der Waals surface area contributed by atoms with Crippen LogP contribution in [0.2, 0.25) is 0 Å². The fourth-order valence-electron chi connectivity index (χ4n) is 3.45. The number of amides is 2. The Morgan fingerprint density at radius 2 is 1.93 bits per heavy atom. The minimum absolute atomic E-state index is 0.211. The molecule has 0 aromatic heterocycles. The number of halogens is 1. The number of piperazine rings is 1. The summed E-state index contributed by atoms with van der Waals surface area (Å²) >= 11 is 0. The van der Waals surface area contributed by atoms with Gasteiger partial charge in [-0.15, -0.1) is 0 Å². The molecule has 2 heterocycles. The molecule has 29 heavy (non-hydrogen) atoms. The lowest BCUT2D eigenvalue weighted by molar-refractivity contribution is 0.0240. The first-order valence-electron chi connectivity index (χ1n) is 9.67. The zero-order valence-electron chi connectivity index (χ0n) is 17.3. The first-order chi connectivity index (χ1) is 13.7. The predicted octanol–water partition coefficient (Wildman–Crippen LogP) is 2.85. The lowest BCUT2D eigenvalue weighted by Gasteiger charge is -2.37. The van der Waals surface area contributed by atoms with Crippen molar-refractivity contribution in [3.63, 3.8) is 0 Å². The van der Waals surface area contributed by atoms with E-state index in [4.69, 9.17) is 14.2 Å². The number of nitrogens with zero attached hydrogens (tertiary/aromatic N) is 3. The van der Waals surface area contributed by atoms with Gasteiger partial charge in [-0.05, 0) is 39.0 Å². The van der Waals surface area contributed by atoms with Crippen molar-refractivity contribution >= 4 is 23.6 Å². The third-order valence-corrected chi connectivity index (χ3v) is 4.80. The molecule has 160 valence electrons. The van der Waals surface area contributed by atoms with Crippen LogP contribution in [-0.2, 0) is 14.2 Å². The second-order valence-corrected chi connectivity index (χ2v) is 8.15. The van der Waals surface area contributed by atoms with Crippen LogP contribution in [0.4, 0.5) is 25.4 Å². The molecule has 2 saturated heterocycles. The van der Waals surface area contributed by atoms with E-state index in [0.29, 0.717) is 44.2 Å². The SMILES string of the molecule is COCC1COC(=O)N1c1ccc(N2CCN(C(=O)OC(C)(C)C)CC2)c(F)c1. The highest BCUT2D eigenvalue weighted by molar-refractivity contribution is 5.90. The lowest BCUT2D eigenvalue weighted by Crippen LogP contribution is -2.50. The second-order valence-electron chi connectivity index (χ2n) is 8.15. The molecule has 0 saturated carbocycles. The summed E-state index contributed by atoms with van der Waals surface area (Å²) in [6.45, 7) is 7.88. The molecule has 2 amide bonds. The van der Waals surface area contributed by atoms with Crippen molar-refractivity contribution in [2.24, 2.45) is 0 Å². The van der Waals surface area contributed by atoms with Gasteiger partial charge in [0.2, 0.25) is 0 Å². The highest BCUT2D eigenvalue weighted by Crippen LogP contribution is 2.29. The van der Waals surface area contributed by atoms with E-state index in [1.807, 2.05) is 25.7 Å². The number of rotatable bonds is 4. The average Bonchev–Trinajstić information content (AvgIpc) is 3.01. The molecule has 1 aromatic carbocycles. The monoisotopic (exact) mass is 409 g/mol. The number of ether oxygens (including phenoxy) is 3. The fourth-order valence-corrected chi connectivity index (χ4v) is 3.45. The Kier molecular flexibility index (Phi) is 6.16. The topological polar surface area (TPSA) is 71.6 Å². The molecule has 1 atom stereocenters. The van der Waals surface area contributed by atoms with Gasteiger partial charge < -0.3 is 24.0 Å². The van der Waals surface area contributed by atoms with Crippen LogP contribution in [-0.4, -0.2) is 75.2 Å². The highest BCUT2D eigenvalue weighted by Gasteiger charge is 2.35. The van der Waals surface area contributed by atoms with E-state index in [1.54, 1.807) is 24.1 Å². The standard InChI is InChI=1S/C20H28FN3O5/c1-20(2,3)29-18(25)23-9-7-22(8-10-23)17-6-5-14(11-16(17)21)24-15(12-27-4)13-28-19(24)26/h5-6,11,15H,7-10,12-13H2,1-4H3. The maximum Gasteiger partial charge on any atom is 0.414 e. The molecule has 1 aromatic rings. The molecule has 2 aliphatic rings. The Morgan fingerprint density at radius 3 is 2.52 bits per heavy atom. The Bertz CT molecular complexity index is 759. The van der Waals surface area contributed by atoms with Crippen molar-refractivity contribution < 1.29 is 28.2 Å². The number of anilines is 2.